The van der Waals surface area contributed by atoms with Gasteiger partial charge < -0.3 is 4.74 Å². The van der Waals surface area contributed by atoms with Crippen molar-refractivity contribution in [2.24, 2.45) is 0 Å². The molecular weight excluding hydrogens is 260 g/mol. The predicted octanol–water partition coefficient (Wildman–Crippen LogP) is 2.60. The van der Waals surface area contributed by atoms with E-state index in [2.05, 4.69) is 20.9 Å². The van der Waals surface area contributed by atoms with E-state index in [0.29, 0.717) is 6.29 Å². The summed E-state index contributed by atoms with van der Waals surface area (Å²) in [6.45, 7) is 0. The molecular formula is C8H6BrF2NO2. The van der Waals surface area contributed by atoms with Crippen molar-refractivity contribution in [1.29, 1.82) is 0 Å². The molecule has 14 heavy (non-hydrogen) atoms. The monoisotopic (exact) mass is 265 g/mol. The van der Waals surface area contributed by atoms with Gasteiger partial charge in [-0.05, 0) is 15.9 Å². The van der Waals surface area contributed by atoms with Crippen molar-refractivity contribution < 1.29 is 18.3 Å². The summed E-state index contributed by atoms with van der Waals surface area (Å²) in [7, 11) is 1.24. The van der Waals surface area contributed by atoms with Gasteiger partial charge in [-0.15, -0.1) is 0 Å². The van der Waals surface area contributed by atoms with Crippen LogP contribution >= 0.6 is 15.9 Å². The molecule has 0 N–H and O–H groups in total. The first kappa shape index (κ1) is 11.0. The van der Waals surface area contributed by atoms with E-state index in [1.54, 1.807) is 0 Å². The van der Waals surface area contributed by atoms with Gasteiger partial charge in [0.2, 0.25) is 0 Å². The van der Waals surface area contributed by atoms with E-state index in [4.69, 9.17) is 4.74 Å². The molecule has 1 rings (SSSR count). The summed E-state index contributed by atoms with van der Waals surface area (Å²) >= 11 is 2.99. The quantitative estimate of drug-likeness (QED) is 0.789. The van der Waals surface area contributed by atoms with Gasteiger partial charge >= 0.3 is 0 Å². The third-order valence-corrected chi connectivity index (χ3v) is 2.38. The molecule has 0 aromatic carbocycles. The van der Waals surface area contributed by atoms with Gasteiger partial charge in [0.15, 0.2) is 12.0 Å². The Labute approximate surface area is 87.2 Å². The molecule has 0 aliphatic carbocycles. The molecule has 1 heterocycles. The highest BCUT2D eigenvalue weighted by molar-refractivity contribution is 9.10. The van der Waals surface area contributed by atoms with E-state index in [1.807, 2.05) is 0 Å². The van der Waals surface area contributed by atoms with Crippen LogP contribution in [0.15, 0.2) is 10.7 Å². The van der Waals surface area contributed by atoms with Crippen molar-refractivity contribution in [3.8, 4) is 5.75 Å². The molecule has 0 amide bonds. The van der Waals surface area contributed by atoms with Crippen molar-refractivity contribution in [3.05, 3.63) is 21.9 Å². The summed E-state index contributed by atoms with van der Waals surface area (Å²) in [5.41, 5.74) is -0.309. The van der Waals surface area contributed by atoms with Gasteiger partial charge in [-0.2, -0.15) is 0 Å². The maximum atomic E-state index is 12.4. The van der Waals surface area contributed by atoms with Crippen LogP contribution in [0.1, 0.15) is 22.5 Å². The van der Waals surface area contributed by atoms with Crippen LogP contribution in [0.4, 0.5) is 8.78 Å². The van der Waals surface area contributed by atoms with E-state index in [0.717, 1.165) is 6.20 Å². The van der Waals surface area contributed by atoms with E-state index in [9.17, 15) is 13.6 Å². The highest BCUT2D eigenvalue weighted by Gasteiger charge is 2.20. The predicted molar refractivity (Wildman–Crippen MR) is 48.8 cm³/mol. The number of halogens is 3. The van der Waals surface area contributed by atoms with Gasteiger partial charge in [0.1, 0.15) is 5.69 Å². The van der Waals surface area contributed by atoms with Crippen LogP contribution in [0.2, 0.25) is 0 Å². The average Bonchev–Trinajstić information content (AvgIpc) is 2.17. The number of aromatic nitrogens is 1. The molecule has 0 aliphatic rings. The van der Waals surface area contributed by atoms with Crippen molar-refractivity contribution in [3.63, 3.8) is 0 Å². The van der Waals surface area contributed by atoms with Crippen molar-refractivity contribution >= 4 is 22.2 Å². The molecule has 0 spiro atoms. The average molecular weight is 266 g/mol. The second kappa shape index (κ2) is 4.45. The summed E-state index contributed by atoms with van der Waals surface area (Å²) in [6, 6.07) is 0. The summed E-state index contributed by atoms with van der Waals surface area (Å²) in [5, 5.41) is 0. The number of methoxy groups -OCH3 is 1. The maximum Gasteiger partial charge on any atom is 0.284 e. The summed E-state index contributed by atoms with van der Waals surface area (Å²) < 4.78 is 29.7. The first-order chi connectivity index (χ1) is 6.61. The van der Waals surface area contributed by atoms with E-state index in [-0.39, 0.29) is 15.8 Å². The number of rotatable bonds is 3. The Morgan fingerprint density at radius 1 is 1.64 bits per heavy atom. The Kier molecular flexibility index (Phi) is 3.51. The number of hydrogen-bond acceptors (Lipinski definition) is 3. The topological polar surface area (TPSA) is 39.2 Å². The Morgan fingerprint density at radius 3 is 2.71 bits per heavy atom. The highest BCUT2D eigenvalue weighted by atomic mass is 79.9. The molecule has 0 aliphatic heterocycles. The molecule has 0 fully saturated rings. The molecule has 0 bridgehead atoms. The lowest BCUT2D eigenvalue weighted by molar-refractivity contribution is 0.111. The fraction of sp³-hybridized carbons (Fsp3) is 0.250. The number of carbonyl (C=O) groups is 1. The van der Waals surface area contributed by atoms with Crippen LogP contribution in [0, 0.1) is 0 Å². The smallest absolute Gasteiger partial charge is 0.284 e. The van der Waals surface area contributed by atoms with Gasteiger partial charge in [0, 0.05) is 6.20 Å². The molecule has 0 unspecified atom stereocenters. The SMILES string of the molecule is COc1c(C(F)F)ncc(C=O)c1Br. The van der Waals surface area contributed by atoms with Crippen LogP contribution in [0.3, 0.4) is 0 Å². The summed E-state index contributed by atoms with van der Waals surface area (Å²) in [5.74, 6) is -0.107. The second-order valence-corrected chi connectivity index (χ2v) is 3.16. The zero-order chi connectivity index (χ0) is 10.7. The van der Waals surface area contributed by atoms with E-state index in [1.165, 1.54) is 7.11 Å². The minimum atomic E-state index is -2.73. The molecule has 3 nitrogen and oxygen atoms in total. The van der Waals surface area contributed by atoms with Gasteiger partial charge in [0.25, 0.3) is 6.43 Å². The van der Waals surface area contributed by atoms with Crippen LogP contribution in [0.5, 0.6) is 5.75 Å². The van der Waals surface area contributed by atoms with E-state index < -0.39 is 12.1 Å². The Bertz CT molecular complexity index is 357. The van der Waals surface area contributed by atoms with Crippen molar-refractivity contribution in [2.45, 2.75) is 6.43 Å². The fourth-order valence-corrected chi connectivity index (χ4v) is 1.49. The molecule has 6 heteroatoms. The zero-order valence-electron chi connectivity index (χ0n) is 7.13. The minimum absolute atomic E-state index is 0.107. The third kappa shape index (κ3) is 1.89. The highest BCUT2D eigenvalue weighted by Crippen LogP contribution is 2.35. The van der Waals surface area contributed by atoms with E-state index >= 15 is 0 Å². The molecule has 1 aromatic heterocycles. The van der Waals surface area contributed by atoms with Crippen LogP contribution in [-0.2, 0) is 0 Å². The summed E-state index contributed by atoms with van der Waals surface area (Å²) in [6.07, 6.45) is -1.15. The molecule has 0 saturated heterocycles. The standard InChI is InChI=1S/C8H6BrF2NO2/c1-14-7-5(9)4(3-13)2-12-6(7)8(10)11/h2-3,8H,1H3. The number of ether oxygens (including phenoxy) is 1. The van der Waals surface area contributed by atoms with Gasteiger partial charge in [-0.25, -0.2) is 8.78 Å². The van der Waals surface area contributed by atoms with Gasteiger partial charge in [0.05, 0.1) is 17.1 Å². The summed E-state index contributed by atoms with van der Waals surface area (Å²) in [4.78, 5) is 13.9. The second-order valence-electron chi connectivity index (χ2n) is 2.36. The van der Waals surface area contributed by atoms with Gasteiger partial charge in [-0.3, -0.25) is 9.78 Å². The number of pyridine rings is 1. The molecule has 0 atom stereocenters. The van der Waals surface area contributed by atoms with Crippen molar-refractivity contribution in [2.75, 3.05) is 7.11 Å². The normalized spacial score (nSPS) is 10.4. The molecule has 1 aromatic rings. The largest absolute Gasteiger partial charge is 0.493 e. The minimum Gasteiger partial charge on any atom is -0.493 e. The lowest BCUT2D eigenvalue weighted by Crippen LogP contribution is -1.99. The third-order valence-electron chi connectivity index (χ3n) is 1.57. The first-order valence-electron chi connectivity index (χ1n) is 3.57. The Hall–Kier alpha value is -1.04. The first-order valence-corrected chi connectivity index (χ1v) is 4.36. The Morgan fingerprint density at radius 2 is 2.29 bits per heavy atom. The van der Waals surface area contributed by atoms with Crippen LogP contribution in [-0.4, -0.2) is 18.4 Å². The number of alkyl halides is 2. The van der Waals surface area contributed by atoms with Crippen molar-refractivity contribution in [1.82, 2.24) is 4.98 Å². The maximum absolute atomic E-state index is 12.4. The number of carbonyl (C=O) groups excluding carboxylic acids is 1. The lowest BCUT2D eigenvalue weighted by Gasteiger charge is -2.09. The molecule has 0 radical (unpaired) electrons. The lowest BCUT2D eigenvalue weighted by atomic mass is 10.2. The molecule has 0 saturated carbocycles. The van der Waals surface area contributed by atoms with Crippen LogP contribution < -0.4 is 4.74 Å². The zero-order valence-corrected chi connectivity index (χ0v) is 8.72. The molecule has 76 valence electrons. The number of hydrogen-bond donors (Lipinski definition) is 0. The van der Waals surface area contributed by atoms with Gasteiger partial charge in [-0.1, -0.05) is 0 Å². The number of aldehydes is 1. The fourth-order valence-electron chi connectivity index (χ4n) is 0.930. The number of nitrogens with zero attached hydrogens (tertiary/aromatic N) is 1. The van der Waals surface area contributed by atoms with Crippen LogP contribution in [0.25, 0.3) is 0 Å². The Balaban J connectivity index is 3.35.